The Balaban J connectivity index is 1.42. The average molecular weight is 507 g/mol. The number of nitrogens with one attached hydrogen (secondary N) is 2. The minimum atomic E-state index is -0.637. The number of anilines is 2. The molecule has 0 bridgehead atoms. The van der Waals surface area contributed by atoms with Gasteiger partial charge < -0.3 is 15.2 Å². The van der Waals surface area contributed by atoms with Crippen LogP contribution in [0.3, 0.4) is 0 Å². The van der Waals surface area contributed by atoms with Crippen LogP contribution in [0.4, 0.5) is 20.5 Å². The number of aromatic nitrogens is 5. The maximum Gasteiger partial charge on any atom is 0.229 e. The summed E-state index contributed by atoms with van der Waals surface area (Å²) in [5.74, 6) is 0.270. The van der Waals surface area contributed by atoms with Crippen LogP contribution in [-0.2, 0) is 0 Å². The summed E-state index contributed by atoms with van der Waals surface area (Å²) in [6, 6.07) is 7.30. The molecule has 4 aromatic rings. The van der Waals surface area contributed by atoms with Crippen LogP contribution in [-0.4, -0.2) is 55.6 Å². The quantitative estimate of drug-likeness (QED) is 0.358. The van der Waals surface area contributed by atoms with E-state index in [2.05, 4.69) is 48.5 Å². The van der Waals surface area contributed by atoms with Crippen LogP contribution in [0.1, 0.15) is 50.7 Å². The summed E-state index contributed by atoms with van der Waals surface area (Å²) in [6.07, 6.45) is 3.94. The van der Waals surface area contributed by atoms with Gasteiger partial charge in [0.05, 0.1) is 11.7 Å². The van der Waals surface area contributed by atoms with Crippen molar-refractivity contribution in [2.75, 3.05) is 31.5 Å². The summed E-state index contributed by atoms with van der Waals surface area (Å²) in [5.41, 5.74) is 2.34. The van der Waals surface area contributed by atoms with E-state index < -0.39 is 11.6 Å². The lowest BCUT2D eigenvalue weighted by Gasteiger charge is -2.34. The van der Waals surface area contributed by atoms with Crippen molar-refractivity contribution in [2.24, 2.45) is 0 Å². The standard InChI is InChI=1S/C27H32F2N8/c1-5-22(36-10-8-30-9-11-36)18-6-7-24(31-14-18)34-27-32-15-21(29)25(35-27)19-12-20(28)26-23(13-19)37(16(2)3)17(4)33-26/h6-7,12-16,22,30H,5,8-11H2,1-4H3,(H,31,32,34,35)/t22-/m0/s1. The Hall–Kier alpha value is -3.50. The highest BCUT2D eigenvalue weighted by atomic mass is 19.1. The van der Waals surface area contributed by atoms with Gasteiger partial charge in [0.15, 0.2) is 11.6 Å². The molecule has 0 aliphatic carbocycles. The lowest BCUT2D eigenvalue weighted by molar-refractivity contribution is 0.169. The fourth-order valence-electron chi connectivity index (χ4n) is 5.18. The van der Waals surface area contributed by atoms with Gasteiger partial charge in [-0.15, -0.1) is 0 Å². The van der Waals surface area contributed by atoms with Crippen molar-refractivity contribution in [1.29, 1.82) is 0 Å². The van der Waals surface area contributed by atoms with Gasteiger partial charge in [0, 0.05) is 50.0 Å². The largest absolute Gasteiger partial charge is 0.326 e. The van der Waals surface area contributed by atoms with Crippen LogP contribution in [0.2, 0.25) is 0 Å². The highest BCUT2D eigenvalue weighted by molar-refractivity contribution is 5.83. The van der Waals surface area contributed by atoms with E-state index >= 15 is 0 Å². The second-order valence-corrected chi connectivity index (χ2v) is 9.65. The van der Waals surface area contributed by atoms with Crippen LogP contribution < -0.4 is 10.6 Å². The van der Waals surface area contributed by atoms with Gasteiger partial charge in [-0.1, -0.05) is 13.0 Å². The fraction of sp³-hybridized carbons (Fsp3) is 0.407. The van der Waals surface area contributed by atoms with E-state index in [9.17, 15) is 8.78 Å². The molecule has 5 rings (SSSR count). The van der Waals surface area contributed by atoms with Gasteiger partial charge >= 0.3 is 0 Å². The molecule has 1 fully saturated rings. The first-order valence-corrected chi connectivity index (χ1v) is 12.7. The van der Waals surface area contributed by atoms with E-state index in [1.165, 1.54) is 6.07 Å². The maximum absolute atomic E-state index is 15.0. The Morgan fingerprint density at radius 2 is 1.81 bits per heavy atom. The molecule has 10 heteroatoms. The zero-order chi connectivity index (χ0) is 26.1. The molecule has 1 aliphatic rings. The van der Waals surface area contributed by atoms with Crippen molar-refractivity contribution in [3.63, 3.8) is 0 Å². The zero-order valence-electron chi connectivity index (χ0n) is 21.6. The Morgan fingerprint density at radius 3 is 2.49 bits per heavy atom. The molecule has 1 saturated heterocycles. The third kappa shape index (κ3) is 5.03. The van der Waals surface area contributed by atoms with Crippen LogP contribution in [0.15, 0.2) is 36.7 Å². The first-order chi connectivity index (χ1) is 17.9. The number of benzene rings is 1. The van der Waals surface area contributed by atoms with E-state index in [1.54, 1.807) is 6.07 Å². The molecule has 0 unspecified atom stereocenters. The van der Waals surface area contributed by atoms with Crippen LogP contribution in [0, 0.1) is 18.6 Å². The third-order valence-corrected chi connectivity index (χ3v) is 6.85. The summed E-state index contributed by atoms with van der Waals surface area (Å²) < 4.78 is 31.7. The van der Waals surface area contributed by atoms with E-state index in [1.807, 2.05) is 37.6 Å². The number of hydrogen-bond donors (Lipinski definition) is 2. The number of pyridine rings is 1. The van der Waals surface area contributed by atoms with E-state index in [0.717, 1.165) is 44.4 Å². The molecule has 2 N–H and O–H groups in total. The molecule has 8 nitrogen and oxygen atoms in total. The molecule has 1 atom stereocenters. The molecule has 0 spiro atoms. The molecule has 0 amide bonds. The Morgan fingerprint density at radius 1 is 1.03 bits per heavy atom. The summed E-state index contributed by atoms with van der Waals surface area (Å²) in [5, 5.41) is 6.44. The molecule has 4 heterocycles. The topological polar surface area (TPSA) is 83.8 Å². The first kappa shape index (κ1) is 25.2. The van der Waals surface area contributed by atoms with E-state index in [-0.39, 0.29) is 23.2 Å². The number of hydrogen-bond acceptors (Lipinski definition) is 7. The third-order valence-electron chi connectivity index (χ3n) is 6.85. The van der Waals surface area contributed by atoms with Crippen LogP contribution in [0.25, 0.3) is 22.3 Å². The molecule has 37 heavy (non-hydrogen) atoms. The monoisotopic (exact) mass is 506 g/mol. The molecule has 1 aromatic carbocycles. The highest BCUT2D eigenvalue weighted by Crippen LogP contribution is 2.31. The molecule has 3 aromatic heterocycles. The first-order valence-electron chi connectivity index (χ1n) is 12.7. The summed E-state index contributed by atoms with van der Waals surface area (Å²) in [6.45, 7) is 12.0. The van der Waals surface area contributed by atoms with Crippen molar-refractivity contribution in [3.8, 4) is 11.3 Å². The molecule has 1 aliphatic heterocycles. The Kier molecular flexibility index (Phi) is 7.12. The van der Waals surface area contributed by atoms with Crippen molar-refractivity contribution in [3.05, 3.63) is 59.7 Å². The van der Waals surface area contributed by atoms with Crippen molar-refractivity contribution in [1.82, 2.24) is 34.7 Å². The van der Waals surface area contributed by atoms with Gasteiger partial charge in [-0.2, -0.15) is 0 Å². The predicted octanol–water partition coefficient (Wildman–Crippen LogP) is 5.16. The van der Waals surface area contributed by atoms with E-state index in [0.29, 0.717) is 28.8 Å². The summed E-state index contributed by atoms with van der Waals surface area (Å²) >= 11 is 0. The maximum atomic E-state index is 15.0. The van der Waals surface area contributed by atoms with Gasteiger partial charge in [-0.25, -0.2) is 28.7 Å². The van der Waals surface area contributed by atoms with Gasteiger partial charge in [0.2, 0.25) is 5.95 Å². The second-order valence-electron chi connectivity index (χ2n) is 9.65. The number of fused-ring (bicyclic) bond motifs is 1. The predicted molar refractivity (Wildman–Crippen MR) is 141 cm³/mol. The zero-order valence-corrected chi connectivity index (χ0v) is 21.6. The van der Waals surface area contributed by atoms with E-state index in [4.69, 9.17) is 0 Å². The molecular weight excluding hydrogens is 474 g/mol. The fourth-order valence-corrected chi connectivity index (χ4v) is 5.18. The molecule has 0 saturated carbocycles. The second kappa shape index (κ2) is 10.5. The normalized spacial score (nSPS) is 15.4. The molecule has 194 valence electrons. The Labute approximate surface area is 215 Å². The van der Waals surface area contributed by atoms with Gasteiger partial charge in [-0.3, -0.25) is 4.90 Å². The van der Waals surface area contributed by atoms with Crippen LogP contribution >= 0.6 is 0 Å². The molecular formula is C27H32F2N8. The minimum Gasteiger partial charge on any atom is -0.326 e. The number of rotatable bonds is 7. The number of aryl methyl sites for hydroxylation is 1. The van der Waals surface area contributed by atoms with Crippen molar-refractivity contribution >= 4 is 22.8 Å². The Bertz CT molecular complexity index is 1390. The SMILES string of the molecule is CC[C@@H](c1ccc(Nc2ncc(F)c(-c3cc(F)c4nc(C)n(C(C)C)c4c3)n2)nc1)N1CCNCC1. The number of nitrogens with zero attached hydrogens (tertiary/aromatic N) is 6. The lowest BCUT2D eigenvalue weighted by atomic mass is 10.0. The smallest absolute Gasteiger partial charge is 0.229 e. The van der Waals surface area contributed by atoms with Crippen molar-refractivity contribution in [2.45, 2.75) is 46.2 Å². The van der Waals surface area contributed by atoms with Crippen molar-refractivity contribution < 1.29 is 8.78 Å². The van der Waals surface area contributed by atoms with Crippen LogP contribution in [0.5, 0.6) is 0 Å². The summed E-state index contributed by atoms with van der Waals surface area (Å²) in [4.78, 5) is 19.8. The number of piperazine rings is 1. The van der Waals surface area contributed by atoms with Gasteiger partial charge in [0.25, 0.3) is 0 Å². The average Bonchev–Trinajstić information content (AvgIpc) is 3.24. The highest BCUT2D eigenvalue weighted by Gasteiger charge is 2.21. The lowest BCUT2D eigenvalue weighted by Crippen LogP contribution is -2.45. The number of imidazole rings is 1. The molecule has 0 radical (unpaired) electrons. The van der Waals surface area contributed by atoms with Gasteiger partial charge in [-0.05, 0) is 51.0 Å². The number of halogens is 2. The minimum absolute atomic E-state index is 0.00818. The summed E-state index contributed by atoms with van der Waals surface area (Å²) in [7, 11) is 0. The van der Waals surface area contributed by atoms with Gasteiger partial charge in [0.1, 0.15) is 22.9 Å².